The van der Waals surface area contributed by atoms with E-state index in [1.807, 2.05) is 4.90 Å². The largest absolute Gasteiger partial charge is 0.483 e. The smallest absolute Gasteiger partial charge is 0.369 e. The molecule has 1 aromatic carbocycles. The first-order valence-corrected chi connectivity index (χ1v) is 7.29. The fourth-order valence-electron chi connectivity index (χ4n) is 1.91. The second-order valence-electron chi connectivity index (χ2n) is 4.23. The predicted octanol–water partition coefficient (Wildman–Crippen LogP) is 2.02. The molecule has 2 rings (SSSR count). The lowest BCUT2D eigenvalue weighted by Crippen LogP contribution is -2.43. The fourth-order valence-corrected chi connectivity index (χ4v) is 2.69. The maximum atomic E-state index is 12.5. The SMILES string of the molecule is N=S(=O)(c1ccc(N2CCNCC2)cc1)C(F)(F)F. The Balaban J connectivity index is 2.23. The van der Waals surface area contributed by atoms with Crippen molar-refractivity contribution in [3.8, 4) is 0 Å². The van der Waals surface area contributed by atoms with Crippen LogP contribution in [0, 0.1) is 4.78 Å². The number of nitrogens with one attached hydrogen (secondary N) is 2. The van der Waals surface area contributed by atoms with E-state index in [4.69, 9.17) is 4.78 Å². The van der Waals surface area contributed by atoms with Crippen molar-refractivity contribution in [2.24, 2.45) is 0 Å². The maximum absolute atomic E-state index is 12.5. The van der Waals surface area contributed by atoms with Gasteiger partial charge in [0, 0.05) is 31.9 Å². The van der Waals surface area contributed by atoms with E-state index >= 15 is 0 Å². The molecule has 1 fully saturated rings. The molecule has 0 bridgehead atoms. The quantitative estimate of drug-likeness (QED) is 0.877. The van der Waals surface area contributed by atoms with Crippen molar-refractivity contribution in [3.63, 3.8) is 0 Å². The lowest BCUT2D eigenvalue weighted by Gasteiger charge is -2.29. The molecule has 106 valence electrons. The molecule has 4 nitrogen and oxygen atoms in total. The van der Waals surface area contributed by atoms with Crippen LogP contribution in [-0.4, -0.2) is 35.9 Å². The number of alkyl halides is 3. The Labute approximate surface area is 109 Å². The van der Waals surface area contributed by atoms with Crippen LogP contribution in [0.3, 0.4) is 0 Å². The molecule has 1 atom stereocenters. The van der Waals surface area contributed by atoms with E-state index in [1.54, 1.807) is 0 Å². The van der Waals surface area contributed by atoms with Gasteiger partial charge in [-0.2, -0.15) is 13.2 Å². The van der Waals surface area contributed by atoms with Crippen LogP contribution >= 0.6 is 0 Å². The summed E-state index contributed by atoms with van der Waals surface area (Å²) in [6.07, 6.45) is 0. The zero-order valence-corrected chi connectivity index (χ0v) is 10.9. The van der Waals surface area contributed by atoms with E-state index in [0.29, 0.717) is 0 Å². The molecule has 1 aliphatic rings. The summed E-state index contributed by atoms with van der Waals surface area (Å²) in [5.74, 6) is 0. The molecule has 2 N–H and O–H groups in total. The summed E-state index contributed by atoms with van der Waals surface area (Å²) >= 11 is 0. The topological polar surface area (TPSA) is 56.2 Å². The van der Waals surface area contributed by atoms with Gasteiger partial charge in [-0.15, -0.1) is 0 Å². The van der Waals surface area contributed by atoms with E-state index in [1.165, 1.54) is 12.1 Å². The number of piperazine rings is 1. The van der Waals surface area contributed by atoms with Crippen LogP contribution in [0.5, 0.6) is 0 Å². The molecule has 0 spiro atoms. The second kappa shape index (κ2) is 5.01. The molecule has 1 aliphatic heterocycles. The Hall–Kier alpha value is -1.28. The minimum Gasteiger partial charge on any atom is -0.369 e. The van der Waals surface area contributed by atoms with Crippen molar-refractivity contribution in [2.45, 2.75) is 10.4 Å². The molecule has 0 saturated carbocycles. The summed E-state index contributed by atoms with van der Waals surface area (Å²) in [6.45, 7) is 3.18. The van der Waals surface area contributed by atoms with E-state index in [-0.39, 0.29) is 0 Å². The third kappa shape index (κ3) is 2.84. The van der Waals surface area contributed by atoms with Crippen LogP contribution in [0.4, 0.5) is 18.9 Å². The first-order chi connectivity index (χ1) is 8.82. The Kier molecular flexibility index (Phi) is 3.73. The van der Waals surface area contributed by atoms with Crippen LogP contribution < -0.4 is 10.2 Å². The van der Waals surface area contributed by atoms with Crippen LogP contribution in [0.15, 0.2) is 29.2 Å². The van der Waals surface area contributed by atoms with E-state index in [9.17, 15) is 17.4 Å². The maximum Gasteiger partial charge on any atom is 0.483 e. The zero-order valence-electron chi connectivity index (χ0n) is 10.0. The molecular weight excluding hydrogens is 279 g/mol. The molecule has 0 amide bonds. The molecule has 1 heterocycles. The van der Waals surface area contributed by atoms with Crippen LogP contribution in [0.25, 0.3) is 0 Å². The molecule has 1 saturated heterocycles. The van der Waals surface area contributed by atoms with Gasteiger partial charge in [-0.3, -0.25) is 0 Å². The number of nitrogens with zero attached hydrogens (tertiary/aromatic N) is 1. The highest BCUT2D eigenvalue weighted by Crippen LogP contribution is 2.31. The Morgan fingerprint density at radius 1 is 1.16 bits per heavy atom. The van der Waals surface area contributed by atoms with Gasteiger partial charge in [0.1, 0.15) is 0 Å². The summed E-state index contributed by atoms with van der Waals surface area (Å²) in [6, 6.07) is 5.22. The fraction of sp³-hybridized carbons (Fsp3) is 0.455. The van der Waals surface area contributed by atoms with Gasteiger partial charge in [-0.25, -0.2) is 8.99 Å². The van der Waals surface area contributed by atoms with Crippen molar-refractivity contribution in [1.82, 2.24) is 5.32 Å². The Morgan fingerprint density at radius 3 is 2.16 bits per heavy atom. The van der Waals surface area contributed by atoms with E-state index in [2.05, 4.69) is 5.32 Å². The van der Waals surface area contributed by atoms with E-state index < -0.39 is 20.1 Å². The average molecular weight is 293 g/mol. The van der Waals surface area contributed by atoms with Crippen molar-refractivity contribution < 1.29 is 17.4 Å². The highest BCUT2D eigenvalue weighted by molar-refractivity contribution is 7.93. The van der Waals surface area contributed by atoms with Crippen molar-refractivity contribution in [3.05, 3.63) is 24.3 Å². The number of anilines is 1. The van der Waals surface area contributed by atoms with Gasteiger partial charge in [-0.05, 0) is 24.3 Å². The molecule has 1 unspecified atom stereocenters. The van der Waals surface area contributed by atoms with Crippen LogP contribution in [-0.2, 0) is 9.73 Å². The molecule has 1 aromatic rings. The van der Waals surface area contributed by atoms with Crippen molar-refractivity contribution in [2.75, 3.05) is 31.1 Å². The molecule has 8 heteroatoms. The highest BCUT2D eigenvalue weighted by atomic mass is 32.2. The van der Waals surface area contributed by atoms with Gasteiger partial charge in [-0.1, -0.05) is 0 Å². The zero-order chi connectivity index (χ0) is 14.1. The van der Waals surface area contributed by atoms with Gasteiger partial charge in [0.2, 0.25) is 0 Å². The van der Waals surface area contributed by atoms with Crippen molar-refractivity contribution >= 4 is 15.4 Å². The minimum absolute atomic E-state index is 0.501. The summed E-state index contributed by atoms with van der Waals surface area (Å²) in [5, 5.41) is 3.17. The highest BCUT2D eigenvalue weighted by Gasteiger charge is 2.43. The monoisotopic (exact) mass is 293 g/mol. The lowest BCUT2D eigenvalue weighted by atomic mass is 10.2. The number of benzene rings is 1. The van der Waals surface area contributed by atoms with E-state index in [0.717, 1.165) is 44.0 Å². The summed E-state index contributed by atoms with van der Waals surface area (Å²) in [4.78, 5) is 1.53. The average Bonchev–Trinajstić information content (AvgIpc) is 2.39. The first kappa shape index (κ1) is 14.1. The normalized spacial score (nSPS) is 20.1. The standard InChI is InChI=1S/C11H14F3N3OS/c12-11(13,14)19(15,18)10-3-1-9(2-4-10)17-7-5-16-6-8-17/h1-4,15-16H,5-8H2. The lowest BCUT2D eigenvalue weighted by molar-refractivity contribution is -0.0406. The molecule has 0 radical (unpaired) electrons. The summed E-state index contributed by atoms with van der Waals surface area (Å²) < 4.78 is 55.9. The molecule has 19 heavy (non-hydrogen) atoms. The van der Waals surface area contributed by atoms with Gasteiger partial charge in [0.15, 0.2) is 9.73 Å². The summed E-state index contributed by atoms with van der Waals surface area (Å²) in [5.41, 5.74) is -4.26. The summed E-state index contributed by atoms with van der Waals surface area (Å²) in [7, 11) is -4.75. The number of rotatable bonds is 2. The molecule has 0 aliphatic carbocycles. The Morgan fingerprint density at radius 2 is 1.68 bits per heavy atom. The first-order valence-electron chi connectivity index (χ1n) is 5.73. The Bertz CT molecular complexity index is 533. The third-order valence-corrected chi connectivity index (χ3v) is 4.56. The minimum atomic E-state index is -5.04. The number of hydrogen-bond donors (Lipinski definition) is 2. The van der Waals surface area contributed by atoms with Crippen LogP contribution in [0.2, 0.25) is 0 Å². The predicted molar refractivity (Wildman–Crippen MR) is 66.7 cm³/mol. The second-order valence-corrected chi connectivity index (χ2v) is 6.28. The van der Waals surface area contributed by atoms with Gasteiger partial charge in [0.25, 0.3) is 0 Å². The third-order valence-electron chi connectivity index (χ3n) is 2.98. The van der Waals surface area contributed by atoms with Crippen molar-refractivity contribution in [1.29, 1.82) is 4.78 Å². The van der Waals surface area contributed by atoms with Gasteiger partial charge in [0.05, 0.1) is 4.90 Å². The molecular formula is C11H14F3N3OS. The van der Waals surface area contributed by atoms with Crippen LogP contribution in [0.1, 0.15) is 0 Å². The van der Waals surface area contributed by atoms with Gasteiger partial charge >= 0.3 is 5.51 Å². The number of halogens is 3. The molecule has 0 aromatic heterocycles. The number of hydrogen-bond acceptors (Lipinski definition) is 4. The van der Waals surface area contributed by atoms with Gasteiger partial charge < -0.3 is 10.2 Å².